The Labute approximate surface area is 118 Å². The van der Waals surface area contributed by atoms with Crippen molar-refractivity contribution >= 4 is 5.91 Å². The van der Waals surface area contributed by atoms with Gasteiger partial charge >= 0.3 is 0 Å². The van der Waals surface area contributed by atoms with E-state index in [4.69, 9.17) is 0 Å². The number of amides is 1. The summed E-state index contributed by atoms with van der Waals surface area (Å²) in [7, 11) is 0. The summed E-state index contributed by atoms with van der Waals surface area (Å²) in [5.41, 5.74) is 1.41. The molecule has 2 unspecified atom stereocenters. The Morgan fingerprint density at radius 1 is 1.35 bits per heavy atom. The van der Waals surface area contributed by atoms with Gasteiger partial charge in [0.15, 0.2) is 0 Å². The summed E-state index contributed by atoms with van der Waals surface area (Å²) < 4.78 is 1.66. The molecule has 0 saturated carbocycles. The summed E-state index contributed by atoms with van der Waals surface area (Å²) in [6.07, 6.45) is 3.33. The third-order valence-electron chi connectivity index (χ3n) is 2.94. The Morgan fingerprint density at radius 2 is 2.05 bits per heavy atom. The van der Waals surface area contributed by atoms with Crippen LogP contribution in [0.1, 0.15) is 30.6 Å². The molecule has 5 heteroatoms. The van der Waals surface area contributed by atoms with E-state index in [0.717, 1.165) is 5.69 Å². The van der Waals surface area contributed by atoms with Gasteiger partial charge in [0.1, 0.15) is 0 Å². The van der Waals surface area contributed by atoms with Gasteiger partial charge in [-0.25, -0.2) is 4.68 Å². The summed E-state index contributed by atoms with van der Waals surface area (Å²) in [6, 6.07) is 9.53. The first-order valence-corrected chi connectivity index (χ1v) is 6.65. The molecule has 0 aliphatic carbocycles. The van der Waals surface area contributed by atoms with E-state index in [-0.39, 0.29) is 11.9 Å². The van der Waals surface area contributed by atoms with Crippen LogP contribution < -0.4 is 5.32 Å². The number of carbonyl (C=O) groups excluding carboxylic acids is 1. The van der Waals surface area contributed by atoms with Crippen LogP contribution in [0.3, 0.4) is 0 Å². The van der Waals surface area contributed by atoms with Gasteiger partial charge in [-0.15, -0.1) is 0 Å². The molecular formula is C15H19N3O2. The third-order valence-corrected chi connectivity index (χ3v) is 2.94. The number of rotatable bonds is 5. The van der Waals surface area contributed by atoms with Gasteiger partial charge in [0, 0.05) is 12.2 Å². The van der Waals surface area contributed by atoms with Gasteiger partial charge in [0.25, 0.3) is 5.91 Å². The van der Waals surface area contributed by atoms with E-state index in [1.165, 1.54) is 6.20 Å². The fraction of sp³-hybridized carbons (Fsp3) is 0.333. The first-order valence-electron chi connectivity index (χ1n) is 6.65. The highest BCUT2D eigenvalue weighted by Gasteiger charge is 2.13. The van der Waals surface area contributed by atoms with Gasteiger partial charge < -0.3 is 10.4 Å². The van der Waals surface area contributed by atoms with Crippen molar-refractivity contribution in [3.63, 3.8) is 0 Å². The molecule has 20 heavy (non-hydrogen) atoms. The van der Waals surface area contributed by atoms with Crippen LogP contribution in [0.5, 0.6) is 0 Å². The minimum atomic E-state index is -0.433. The zero-order valence-corrected chi connectivity index (χ0v) is 11.7. The monoisotopic (exact) mass is 273 g/mol. The lowest BCUT2D eigenvalue weighted by atomic mass is 10.1. The topological polar surface area (TPSA) is 67.2 Å². The Bertz CT molecular complexity index is 564. The quantitative estimate of drug-likeness (QED) is 0.872. The molecule has 0 aliphatic rings. The molecule has 1 heterocycles. The van der Waals surface area contributed by atoms with Gasteiger partial charge in [-0.05, 0) is 32.4 Å². The number of aliphatic hydroxyl groups excluding tert-OH is 1. The number of aromatic nitrogens is 2. The standard InChI is InChI=1S/C15H19N3O2/c1-11(8-12(2)19)17-15(20)13-9-16-18(10-13)14-6-4-3-5-7-14/h3-7,9-12,19H,8H2,1-2H3,(H,17,20). The van der Waals surface area contributed by atoms with Gasteiger partial charge in [0.2, 0.25) is 0 Å². The van der Waals surface area contributed by atoms with E-state index in [1.807, 2.05) is 37.3 Å². The molecule has 1 aromatic carbocycles. The smallest absolute Gasteiger partial charge is 0.254 e. The Kier molecular flexibility index (Phi) is 4.53. The lowest BCUT2D eigenvalue weighted by Gasteiger charge is -2.14. The number of aliphatic hydroxyl groups is 1. The van der Waals surface area contributed by atoms with E-state index in [2.05, 4.69) is 10.4 Å². The van der Waals surface area contributed by atoms with Crippen molar-refractivity contribution in [3.05, 3.63) is 48.3 Å². The lowest BCUT2D eigenvalue weighted by Crippen LogP contribution is -2.34. The van der Waals surface area contributed by atoms with Crippen molar-refractivity contribution in [2.45, 2.75) is 32.4 Å². The van der Waals surface area contributed by atoms with E-state index in [1.54, 1.807) is 17.8 Å². The second-order valence-corrected chi connectivity index (χ2v) is 4.97. The van der Waals surface area contributed by atoms with Crippen LogP contribution in [0.25, 0.3) is 5.69 Å². The van der Waals surface area contributed by atoms with Crippen LogP contribution in [0.15, 0.2) is 42.7 Å². The van der Waals surface area contributed by atoms with Crippen LogP contribution in [0.2, 0.25) is 0 Å². The predicted octanol–water partition coefficient (Wildman–Crippen LogP) is 1.76. The van der Waals surface area contributed by atoms with Gasteiger partial charge in [-0.1, -0.05) is 18.2 Å². The second-order valence-electron chi connectivity index (χ2n) is 4.97. The largest absolute Gasteiger partial charge is 0.393 e. The van der Waals surface area contributed by atoms with Crippen LogP contribution in [-0.2, 0) is 0 Å². The number of nitrogens with zero attached hydrogens (tertiary/aromatic N) is 2. The van der Waals surface area contributed by atoms with Gasteiger partial charge in [-0.3, -0.25) is 4.79 Å². The fourth-order valence-electron chi connectivity index (χ4n) is 2.04. The van der Waals surface area contributed by atoms with Crippen molar-refractivity contribution in [1.29, 1.82) is 0 Å². The van der Waals surface area contributed by atoms with E-state index in [9.17, 15) is 9.90 Å². The van der Waals surface area contributed by atoms with Crippen molar-refractivity contribution in [2.24, 2.45) is 0 Å². The molecule has 5 nitrogen and oxygen atoms in total. The zero-order chi connectivity index (χ0) is 14.5. The third kappa shape index (κ3) is 3.68. The Morgan fingerprint density at radius 3 is 2.70 bits per heavy atom. The maximum Gasteiger partial charge on any atom is 0.254 e. The predicted molar refractivity (Wildman–Crippen MR) is 76.8 cm³/mol. The average molecular weight is 273 g/mol. The maximum atomic E-state index is 12.0. The molecule has 0 saturated heterocycles. The first kappa shape index (κ1) is 14.3. The maximum absolute atomic E-state index is 12.0. The molecule has 1 aromatic heterocycles. The Balaban J connectivity index is 2.04. The van der Waals surface area contributed by atoms with Gasteiger partial charge in [-0.2, -0.15) is 5.10 Å². The van der Waals surface area contributed by atoms with Crippen LogP contribution in [0.4, 0.5) is 0 Å². The van der Waals surface area contributed by atoms with Crippen molar-refractivity contribution in [1.82, 2.24) is 15.1 Å². The lowest BCUT2D eigenvalue weighted by molar-refractivity contribution is 0.0923. The summed E-state index contributed by atoms with van der Waals surface area (Å²) in [6.45, 7) is 3.57. The fourth-order valence-corrected chi connectivity index (χ4v) is 2.04. The highest BCUT2D eigenvalue weighted by Crippen LogP contribution is 2.08. The summed E-state index contributed by atoms with van der Waals surface area (Å²) in [5, 5.41) is 16.3. The molecule has 0 spiro atoms. The van der Waals surface area contributed by atoms with E-state index < -0.39 is 6.10 Å². The molecule has 0 aliphatic heterocycles. The van der Waals surface area contributed by atoms with Crippen molar-refractivity contribution in [2.75, 3.05) is 0 Å². The minimum Gasteiger partial charge on any atom is -0.393 e. The molecular weight excluding hydrogens is 254 g/mol. The molecule has 2 aromatic rings. The number of hydrogen-bond donors (Lipinski definition) is 2. The van der Waals surface area contributed by atoms with Crippen molar-refractivity contribution < 1.29 is 9.90 Å². The van der Waals surface area contributed by atoms with Crippen LogP contribution in [0, 0.1) is 0 Å². The highest BCUT2D eigenvalue weighted by molar-refractivity contribution is 5.93. The zero-order valence-electron chi connectivity index (χ0n) is 11.7. The van der Waals surface area contributed by atoms with Crippen LogP contribution >= 0.6 is 0 Å². The number of nitrogens with one attached hydrogen (secondary N) is 1. The SMILES string of the molecule is CC(O)CC(C)NC(=O)c1cnn(-c2ccccc2)c1. The molecule has 1 amide bonds. The van der Waals surface area contributed by atoms with E-state index >= 15 is 0 Å². The molecule has 106 valence electrons. The van der Waals surface area contributed by atoms with E-state index in [0.29, 0.717) is 12.0 Å². The molecule has 0 fully saturated rings. The van der Waals surface area contributed by atoms with Crippen molar-refractivity contribution in [3.8, 4) is 5.69 Å². The van der Waals surface area contributed by atoms with Gasteiger partial charge in [0.05, 0.1) is 23.6 Å². The molecule has 0 bridgehead atoms. The molecule has 2 rings (SSSR count). The number of hydrogen-bond acceptors (Lipinski definition) is 3. The summed E-state index contributed by atoms with van der Waals surface area (Å²) >= 11 is 0. The van der Waals surface area contributed by atoms with Crippen LogP contribution in [-0.4, -0.2) is 32.9 Å². The average Bonchev–Trinajstić information content (AvgIpc) is 2.88. The Hall–Kier alpha value is -2.14. The number of benzene rings is 1. The second kappa shape index (κ2) is 6.34. The summed E-state index contributed by atoms with van der Waals surface area (Å²) in [5.74, 6) is -0.180. The minimum absolute atomic E-state index is 0.0809. The summed E-state index contributed by atoms with van der Waals surface area (Å²) in [4.78, 5) is 12.0. The normalized spacial score (nSPS) is 13.8. The number of carbonyl (C=O) groups is 1. The molecule has 2 atom stereocenters. The molecule has 0 radical (unpaired) electrons. The molecule has 2 N–H and O–H groups in total. The number of para-hydroxylation sites is 1. The highest BCUT2D eigenvalue weighted by atomic mass is 16.3. The first-order chi connectivity index (χ1) is 9.56.